The highest BCUT2D eigenvalue weighted by atomic mass is 35.5. The van der Waals surface area contributed by atoms with E-state index in [4.69, 9.17) is 23.8 Å². The zero-order valence-electron chi connectivity index (χ0n) is 9.77. The Morgan fingerprint density at radius 3 is 2.59 bits per heavy atom. The number of aromatic nitrogens is 3. The summed E-state index contributed by atoms with van der Waals surface area (Å²) in [6, 6.07) is 7.61. The predicted molar refractivity (Wildman–Crippen MR) is 72.7 cm³/mol. The highest BCUT2D eigenvalue weighted by molar-refractivity contribution is 7.71. The summed E-state index contributed by atoms with van der Waals surface area (Å²) in [4.78, 5) is 0. The minimum absolute atomic E-state index is 0.519. The molecule has 1 aromatic heterocycles. The van der Waals surface area contributed by atoms with Crippen molar-refractivity contribution in [1.29, 1.82) is 0 Å². The van der Waals surface area contributed by atoms with Crippen molar-refractivity contribution in [2.24, 2.45) is 5.92 Å². The average Bonchev–Trinajstić information content (AvgIpc) is 2.61. The first-order valence-corrected chi connectivity index (χ1v) is 6.27. The van der Waals surface area contributed by atoms with E-state index in [-0.39, 0.29) is 0 Å². The molecule has 2 aromatic rings. The Hall–Kier alpha value is -1.13. The number of nitrogens with one attached hydrogen (secondary N) is 1. The SMILES string of the molecule is CC(C)Cn1c(-c2ccc(Cl)cc2)n[nH]c1=S. The minimum Gasteiger partial charge on any atom is -0.300 e. The number of rotatable bonds is 3. The summed E-state index contributed by atoms with van der Waals surface area (Å²) in [7, 11) is 0. The Morgan fingerprint density at radius 2 is 2.00 bits per heavy atom. The molecule has 0 aliphatic rings. The molecule has 0 spiro atoms. The van der Waals surface area contributed by atoms with E-state index < -0.39 is 0 Å². The smallest absolute Gasteiger partial charge is 0.195 e. The van der Waals surface area contributed by atoms with Crippen LogP contribution in [-0.4, -0.2) is 14.8 Å². The molecule has 0 saturated carbocycles. The molecule has 0 saturated heterocycles. The van der Waals surface area contributed by atoms with Gasteiger partial charge >= 0.3 is 0 Å². The Labute approximate surface area is 110 Å². The molecular formula is C12H14ClN3S. The molecule has 90 valence electrons. The number of aromatic amines is 1. The second-order valence-corrected chi connectivity index (χ2v) is 5.19. The third-order valence-electron chi connectivity index (χ3n) is 2.41. The maximum absolute atomic E-state index is 5.87. The molecule has 0 radical (unpaired) electrons. The lowest BCUT2D eigenvalue weighted by atomic mass is 10.2. The summed E-state index contributed by atoms with van der Waals surface area (Å²) in [5.74, 6) is 1.38. The zero-order chi connectivity index (χ0) is 12.4. The second kappa shape index (κ2) is 5.02. The van der Waals surface area contributed by atoms with Gasteiger partial charge in [-0.05, 0) is 42.4 Å². The van der Waals surface area contributed by atoms with Crippen LogP contribution in [0.3, 0.4) is 0 Å². The maximum Gasteiger partial charge on any atom is 0.195 e. The topological polar surface area (TPSA) is 33.6 Å². The Kier molecular flexibility index (Phi) is 3.64. The van der Waals surface area contributed by atoms with Gasteiger partial charge in [-0.1, -0.05) is 25.4 Å². The summed E-state index contributed by atoms with van der Waals surface area (Å²) in [6.07, 6.45) is 0. The van der Waals surface area contributed by atoms with Gasteiger partial charge < -0.3 is 0 Å². The van der Waals surface area contributed by atoms with Crippen LogP contribution in [0.25, 0.3) is 11.4 Å². The van der Waals surface area contributed by atoms with E-state index in [0.717, 1.165) is 23.0 Å². The highest BCUT2D eigenvalue weighted by Gasteiger charge is 2.09. The summed E-state index contributed by atoms with van der Waals surface area (Å²) in [5, 5.41) is 7.83. The Morgan fingerprint density at radius 1 is 1.35 bits per heavy atom. The zero-order valence-corrected chi connectivity index (χ0v) is 11.3. The van der Waals surface area contributed by atoms with Crippen molar-refractivity contribution in [3.63, 3.8) is 0 Å². The van der Waals surface area contributed by atoms with Crippen molar-refractivity contribution in [2.75, 3.05) is 0 Å². The van der Waals surface area contributed by atoms with Gasteiger partial charge in [-0.3, -0.25) is 9.67 Å². The van der Waals surface area contributed by atoms with Crippen LogP contribution in [0.15, 0.2) is 24.3 Å². The van der Waals surface area contributed by atoms with Crippen LogP contribution in [0.5, 0.6) is 0 Å². The molecular weight excluding hydrogens is 254 g/mol. The molecule has 5 heteroatoms. The van der Waals surface area contributed by atoms with E-state index in [1.54, 1.807) is 0 Å². The van der Waals surface area contributed by atoms with E-state index in [9.17, 15) is 0 Å². The van der Waals surface area contributed by atoms with Crippen LogP contribution >= 0.6 is 23.8 Å². The third-order valence-corrected chi connectivity index (χ3v) is 2.97. The maximum atomic E-state index is 5.87. The highest BCUT2D eigenvalue weighted by Crippen LogP contribution is 2.20. The van der Waals surface area contributed by atoms with Gasteiger partial charge in [0.1, 0.15) is 0 Å². The molecule has 0 bridgehead atoms. The fraction of sp³-hybridized carbons (Fsp3) is 0.333. The van der Waals surface area contributed by atoms with Crippen molar-refractivity contribution in [3.05, 3.63) is 34.1 Å². The number of benzene rings is 1. The summed E-state index contributed by atoms with van der Waals surface area (Å²) in [5.41, 5.74) is 1.02. The first-order valence-electron chi connectivity index (χ1n) is 5.49. The number of nitrogens with zero attached hydrogens (tertiary/aromatic N) is 2. The van der Waals surface area contributed by atoms with Crippen LogP contribution in [0.1, 0.15) is 13.8 Å². The molecule has 1 aromatic carbocycles. The molecule has 0 amide bonds. The van der Waals surface area contributed by atoms with Gasteiger partial charge in [0.05, 0.1) is 0 Å². The number of hydrogen-bond donors (Lipinski definition) is 1. The summed E-state index contributed by atoms with van der Waals surface area (Å²) >= 11 is 11.1. The fourth-order valence-corrected chi connectivity index (χ4v) is 2.00. The van der Waals surface area contributed by atoms with Crippen LogP contribution < -0.4 is 0 Å². The summed E-state index contributed by atoms with van der Waals surface area (Å²) in [6.45, 7) is 5.16. The first-order chi connectivity index (χ1) is 8.08. The molecule has 1 heterocycles. The van der Waals surface area contributed by atoms with E-state index in [0.29, 0.717) is 10.7 Å². The largest absolute Gasteiger partial charge is 0.300 e. The molecule has 0 unspecified atom stereocenters. The van der Waals surface area contributed by atoms with Gasteiger partial charge in [-0.15, -0.1) is 0 Å². The van der Waals surface area contributed by atoms with Gasteiger partial charge in [-0.25, -0.2) is 0 Å². The van der Waals surface area contributed by atoms with Gasteiger partial charge in [0.15, 0.2) is 10.6 Å². The molecule has 2 rings (SSSR count). The standard InChI is InChI=1S/C12H14ClN3S/c1-8(2)7-16-11(14-15-12(16)17)9-3-5-10(13)6-4-9/h3-6,8H,7H2,1-2H3,(H,15,17). The third kappa shape index (κ3) is 2.76. The predicted octanol–water partition coefficient (Wildman–Crippen LogP) is 3.92. The fourth-order valence-electron chi connectivity index (χ4n) is 1.67. The summed E-state index contributed by atoms with van der Waals surface area (Å²) < 4.78 is 2.67. The normalized spacial score (nSPS) is 11.1. The number of hydrogen-bond acceptors (Lipinski definition) is 2. The van der Waals surface area contributed by atoms with Crippen LogP contribution in [0, 0.1) is 10.7 Å². The van der Waals surface area contributed by atoms with E-state index in [1.807, 2.05) is 28.8 Å². The van der Waals surface area contributed by atoms with Gasteiger partial charge in [-0.2, -0.15) is 5.10 Å². The van der Waals surface area contributed by atoms with Crippen LogP contribution in [-0.2, 0) is 6.54 Å². The van der Waals surface area contributed by atoms with Crippen molar-refractivity contribution in [2.45, 2.75) is 20.4 Å². The van der Waals surface area contributed by atoms with E-state index in [1.165, 1.54) is 0 Å². The minimum atomic E-state index is 0.519. The Bertz CT molecular complexity index is 554. The molecule has 1 N–H and O–H groups in total. The first kappa shape index (κ1) is 12.3. The lowest BCUT2D eigenvalue weighted by molar-refractivity contribution is 0.521. The number of halogens is 1. The molecule has 0 aliphatic heterocycles. The Balaban J connectivity index is 2.45. The molecule has 3 nitrogen and oxygen atoms in total. The molecule has 0 fully saturated rings. The van der Waals surface area contributed by atoms with Crippen molar-refractivity contribution >= 4 is 23.8 Å². The number of H-pyrrole nitrogens is 1. The van der Waals surface area contributed by atoms with Gasteiger partial charge in [0.25, 0.3) is 0 Å². The van der Waals surface area contributed by atoms with Gasteiger partial charge in [0.2, 0.25) is 0 Å². The lowest BCUT2D eigenvalue weighted by Gasteiger charge is -2.09. The molecule has 17 heavy (non-hydrogen) atoms. The lowest BCUT2D eigenvalue weighted by Crippen LogP contribution is -2.06. The quantitative estimate of drug-likeness (QED) is 0.856. The van der Waals surface area contributed by atoms with Crippen molar-refractivity contribution < 1.29 is 0 Å². The van der Waals surface area contributed by atoms with Crippen LogP contribution in [0.4, 0.5) is 0 Å². The van der Waals surface area contributed by atoms with E-state index in [2.05, 4.69) is 24.0 Å². The van der Waals surface area contributed by atoms with Crippen molar-refractivity contribution in [1.82, 2.24) is 14.8 Å². The van der Waals surface area contributed by atoms with Gasteiger partial charge in [0, 0.05) is 17.1 Å². The monoisotopic (exact) mass is 267 g/mol. The molecule has 0 atom stereocenters. The van der Waals surface area contributed by atoms with Crippen molar-refractivity contribution in [3.8, 4) is 11.4 Å². The van der Waals surface area contributed by atoms with E-state index >= 15 is 0 Å². The average molecular weight is 268 g/mol. The molecule has 0 aliphatic carbocycles. The van der Waals surface area contributed by atoms with Crippen LogP contribution in [0.2, 0.25) is 5.02 Å². The second-order valence-electron chi connectivity index (χ2n) is 4.36.